The molecular weight excluding hydrogens is 366 g/mol. The van der Waals surface area contributed by atoms with Gasteiger partial charge in [-0.15, -0.1) is 12.4 Å². The Hall–Kier alpha value is -2.86. The van der Waals surface area contributed by atoms with Crippen molar-refractivity contribution in [3.05, 3.63) is 53.9 Å². The van der Waals surface area contributed by atoms with Gasteiger partial charge in [-0.2, -0.15) is 0 Å². The van der Waals surface area contributed by atoms with E-state index in [9.17, 15) is 4.79 Å². The zero-order valence-corrected chi connectivity index (χ0v) is 16.5. The van der Waals surface area contributed by atoms with Crippen LogP contribution in [0.2, 0.25) is 0 Å². The molecule has 2 aromatic heterocycles. The van der Waals surface area contributed by atoms with Gasteiger partial charge in [0.05, 0.1) is 18.9 Å². The Bertz CT molecular complexity index is 943. The highest BCUT2D eigenvalue weighted by atomic mass is 35.5. The van der Waals surface area contributed by atoms with Crippen molar-refractivity contribution >= 4 is 40.8 Å². The summed E-state index contributed by atoms with van der Waals surface area (Å²) in [6.45, 7) is 5.53. The molecule has 2 heterocycles. The van der Waals surface area contributed by atoms with Crippen molar-refractivity contribution in [1.29, 1.82) is 0 Å². The van der Waals surface area contributed by atoms with Gasteiger partial charge in [-0.05, 0) is 57.2 Å². The van der Waals surface area contributed by atoms with Gasteiger partial charge in [-0.25, -0.2) is 14.8 Å². The number of pyridine rings is 2. The maximum atomic E-state index is 12.5. The van der Waals surface area contributed by atoms with Crippen LogP contribution in [-0.2, 0) is 4.74 Å². The maximum Gasteiger partial charge on any atom is 0.342 e. The number of anilines is 2. The Morgan fingerprint density at radius 1 is 1.11 bits per heavy atom. The van der Waals surface area contributed by atoms with Gasteiger partial charge in [0.15, 0.2) is 5.65 Å². The molecule has 3 rings (SSSR count). The van der Waals surface area contributed by atoms with Crippen LogP contribution in [0.25, 0.3) is 11.0 Å². The number of aryl methyl sites for hydroxylation is 1. The van der Waals surface area contributed by atoms with Crippen LogP contribution >= 0.6 is 12.4 Å². The number of benzene rings is 1. The first-order valence-corrected chi connectivity index (χ1v) is 8.36. The molecule has 0 saturated carbocycles. The van der Waals surface area contributed by atoms with E-state index in [4.69, 9.17) is 9.47 Å². The molecule has 0 atom stereocenters. The van der Waals surface area contributed by atoms with Crippen LogP contribution in [0.4, 0.5) is 11.4 Å². The minimum absolute atomic E-state index is 0. The van der Waals surface area contributed by atoms with Crippen LogP contribution in [0.3, 0.4) is 0 Å². The molecule has 142 valence electrons. The Balaban J connectivity index is 0.00000261. The van der Waals surface area contributed by atoms with Crippen LogP contribution in [-0.4, -0.2) is 29.2 Å². The van der Waals surface area contributed by atoms with Crippen molar-refractivity contribution < 1.29 is 14.3 Å². The number of nitrogens with one attached hydrogen (secondary N) is 1. The third-order valence-electron chi connectivity index (χ3n) is 3.79. The fourth-order valence-electron chi connectivity index (χ4n) is 2.56. The first kappa shape index (κ1) is 20.5. The fraction of sp³-hybridized carbons (Fsp3) is 0.250. The van der Waals surface area contributed by atoms with Crippen LogP contribution in [0, 0.1) is 6.92 Å². The number of aromatic nitrogens is 2. The van der Waals surface area contributed by atoms with E-state index in [0.29, 0.717) is 16.9 Å². The summed E-state index contributed by atoms with van der Waals surface area (Å²) in [6.07, 6.45) is 1.29. The van der Waals surface area contributed by atoms with E-state index in [1.54, 1.807) is 7.11 Å². The van der Waals surface area contributed by atoms with E-state index in [2.05, 4.69) is 15.3 Å². The summed E-state index contributed by atoms with van der Waals surface area (Å²) < 4.78 is 10.6. The van der Waals surface area contributed by atoms with Gasteiger partial charge in [-0.3, -0.25) is 0 Å². The van der Waals surface area contributed by atoms with E-state index in [1.165, 1.54) is 6.20 Å². The zero-order chi connectivity index (χ0) is 18.7. The monoisotopic (exact) mass is 387 g/mol. The zero-order valence-electron chi connectivity index (χ0n) is 15.6. The fourth-order valence-corrected chi connectivity index (χ4v) is 2.56. The number of nitrogens with zero attached hydrogens (tertiary/aromatic N) is 2. The lowest BCUT2D eigenvalue weighted by atomic mass is 10.1. The van der Waals surface area contributed by atoms with Crippen molar-refractivity contribution in [1.82, 2.24) is 9.97 Å². The van der Waals surface area contributed by atoms with Crippen LogP contribution in [0.5, 0.6) is 5.75 Å². The quantitative estimate of drug-likeness (QED) is 0.641. The molecule has 0 bridgehead atoms. The third kappa shape index (κ3) is 4.65. The SMILES string of the molecule is COc1ccc(Nc2c(C(=O)OC(C)C)cnc3nc(C)ccc23)cc1.Cl. The highest BCUT2D eigenvalue weighted by molar-refractivity contribution is 6.05. The first-order valence-electron chi connectivity index (χ1n) is 8.36. The molecule has 0 aliphatic carbocycles. The molecule has 0 aliphatic heterocycles. The second-order valence-electron chi connectivity index (χ2n) is 6.18. The minimum atomic E-state index is -0.425. The molecule has 6 nitrogen and oxygen atoms in total. The van der Waals surface area contributed by atoms with Crippen molar-refractivity contribution in [3.63, 3.8) is 0 Å². The van der Waals surface area contributed by atoms with Gasteiger partial charge in [0.1, 0.15) is 11.3 Å². The molecule has 0 aliphatic rings. The Morgan fingerprint density at radius 3 is 2.44 bits per heavy atom. The number of hydrogen-bond donors (Lipinski definition) is 1. The van der Waals surface area contributed by atoms with Crippen LogP contribution in [0.1, 0.15) is 29.9 Å². The number of halogens is 1. The van der Waals surface area contributed by atoms with Crippen LogP contribution in [0.15, 0.2) is 42.6 Å². The molecule has 3 aromatic rings. The van der Waals surface area contributed by atoms with Gasteiger partial charge in [0, 0.05) is 23.0 Å². The average molecular weight is 388 g/mol. The molecular formula is C20H22ClN3O3. The molecule has 0 fully saturated rings. The number of hydrogen-bond acceptors (Lipinski definition) is 6. The Kier molecular flexibility index (Phi) is 6.58. The topological polar surface area (TPSA) is 73.3 Å². The highest BCUT2D eigenvalue weighted by Gasteiger charge is 2.19. The average Bonchev–Trinajstić information content (AvgIpc) is 2.61. The van der Waals surface area contributed by atoms with E-state index in [-0.39, 0.29) is 18.5 Å². The number of fused-ring (bicyclic) bond motifs is 1. The molecule has 7 heteroatoms. The lowest BCUT2D eigenvalue weighted by molar-refractivity contribution is 0.0379. The summed E-state index contributed by atoms with van der Waals surface area (Å²) in [4.78, 5) is 21.3. The molecule has 0 amide bonds. The minimum Gasteiger partial charge on any atom is -0.497 e. The van der Waals surface area contributed by atoms with Crippen molar-refractivity contribution in [3.8, 4) is 5.75 Å². The molecule has 27 heavy (non-hydrogen) atoms. The first-order chi connectivity index (χ1) is 12.5. The van der Waals surface area contributed by atoms with Crippen LogP contribution < -0.4 is 10.1 Å². The Labute approximate surface area is 164 Å². The molecule has 0 saturated heterocycles. The number of ether oxygens (including phenoxy) is 2. The standard InChI is InChI=1S/C20H21N3O3.ClH/c1-12(2)26-20(24)17-11-21-19-16(10-5-13(3)22-19)18(17)23-14-6-8-15(25-4)9-7-14;/h5-12H,1-4H3,(H,21,22,23);1H. The second-order valence-corrected chi connectivity index (χ2v) is 6.18. The Morgan fingerprint density at radius 2 is 1.81 bits per heavy atom. The smallest absolute Gasteiger partial charge is 0.342 e. The van der Waals surface area contributed by atoms with E-state index in [1.807, 2.05) is 57.2 Å². The lowest BCUT2D eigenvalue weighted by Crippen LogP contribution is -2.14. The second kappa shape index (κ2) is 8.68. The normalized spacial score (nSPS) is 10.4. The van der Waals surface area contributed by atoms with Gasteiger partial charge in [0.2, 0.25) is 0 Å². The van der Waals surface area contributed by atoms with E-state index < -0.39 is 5.97 Å². The molecule has 1 aromatic carbocycles. The van der Waals surface area contributed by atoms with Gasteiger partial charge in [0.25, 0.3) is 0 Å². The maximum absolute atomic E-state index is 12.5. The third-order valence-corrected chi connectivity index (χ3v) is 3.79. The summed E-state index contributed by atoms with van der Waals surface area (Å²) >= 11 is 0. The molecule has 1 N–H and O–H groups in total. The molecule has 0 unspecified atom stereocenters. The number of methoxy groups -OCH3 is 1. The summed E-state index contributed by atoms with van der Waals surface area (Å²) in [7, 11) is 1.62. The van der Waals surface area contributed by atoms with Crippen molar-refractivity contribution in [2.45, 2.75) is 26.9 Å². The molecule has 0 radical (unpaired) electrons. The van der Waals surface area contributed by atoms with Gasteiger partial charge < -0.3 is 14.8 Å². The van der Waals surface area contributed by atoms with E-state index >= 15 is 0 Å². The predicted molar refractivity (Wildman–Crippen MR) is 108 cm³/mol. The molecule has 0 spiro atoms. The highest BCUT2D eigenvalue weighted by Crippen LogP contribution is 2.30. The predicted octanol–water partition coefficient (Wildman–Crippen LogP) is 4.68. The summed E-state index contributed by atoms with van der Waals surface area (Å²) in [5.41, 5.74) is 3.24. The van der Waals surface area contributed by atoms with E-state index in [0.717, 1.165) is 22.5 Å². The van der Waals surface area contributed by atoms with Gasteiger partial charge in [-0.1, -0.05) is 0 Å². The summed E-state index contributed by atoms with van der Waals surface area (Å²) in [5, 5.41) is 4.06. The number of carbonyl (C=O) groups excluding carboxylic acids is 1. The number of esters is 1. The number of carbonyl (C=O) groups is 1. The largest absolute Gasteiger partial charge is 0.497 e. The lowest BCUT2D eigenvalue weighted by Gasteiger charge is -2.15. The van der Waals surface area contributed by atoms with Crippen molar-refractivity contribution in [2.24, 2.45) is 0 Å². The van der Waals surface area contributed by atoms with Gasteiger partial charge >= 0.3 is 5.97 Å². The summed E-state index contributed by atoms with van der Waals surface area (Å²) in [6, 6.07) is 11.2. The summed E-state index contributed by atoms with van der Waals surface area (Å²) in [5.74, 6) is 0.331. The number of rotatable bonds is 5. The van der Waals surface area contributed by atoms with Crippen molar-refractivity contribution in [2.75, 3.05) is 12.4 Å².